The van der Waals surface area contributed by atoms with Gasteiger partial charge in [-0.3, -0.25) is 4.79 Å². The number of aromatic nitrogens is 1. The highest BCUT2D eigenvalue weighted by Crippen LogP contribution is 2.44. The normalized spacial score (nSPS) is 19.3. The molecule has 0 unspecified atom stereocenters. The summed E-state index contributed by atoms with van der Waals surface area (Å²) in [7, 11) is 1.35. The molecule has 0 N–H and O–H groups in total. The maximum absolute atomic E-state index is 12.9. The fraction of sp³-hybridized carbons (Fsp3) is 0.500. The first kappa shape index (κ1) is 19.2. The highest BCUT2D eigenvalue weighted by molar-refractivity contribution is 5.98. The number of carbonyl (C=O) groups excluding carboxylic acids is 2. The Morgan fingerprint density at radius 1 is 1.26 bits per heavy atom. The number of hydrogen-bond donors (Lipinski definition) is 0. The number of esters is 1. The van der Waals surface area contributed by atoms with Crippen molar-refractivity contribution >= 4 is 23.0 Å². The van der Waals surface area contributed by atoms with Crippen LogP contribution in [0.2, 0.25) is 0 Å². The van der Waals surface area contributed by atoms with E-state index in [1.165, 1.54) is 11.7 Å². The summed E-state index contributed by atoms with van der Waals surface area (Å²) < 4.78 is 23.5. The average molecular weight is 375 g/mol. The van der Waals surface area contributed by atoms with Crippen LogP contribution in [0.3, 0.4) is 0 Å². The van der Waals surface area contributed by atoms with Gasteiger partial charge in [0.2, 0.25) is 12.2 Å². The van der Waals surface area contributed by atoms with Gasteiger partial charge in [0.15, 0.2) is 0 Å². The Hall–Kier alpha value is -2.54. The molecule has 0 bridgehead atoms. The number of benzene rings is 1. The Morgan fingerprint density at radius 2 is 1.96 bits per heavy atom. The summed E-state index contributed by atoms with van der Waals surface area (Å²) in [6.45, 7) is 7.65. The third kappa shape index (κ3) is 3.64. The van der Waals surface area contributed by atoms with Gasteiger partial charge in [-0.2, -0.15) is 0 Å². The van der Waals surface area contributed by atoms with Crippen LogP contribution in [0.4, 0.5) is 4.79 Å². The second-order valence-electron chi connectivity index (χ2n) is 7.37. The van der Waals surface area contributed by atoms with Gasteiger partial charge in [0.1, 0.15) is 5.60 Å². The molecule has 0 aliphatic carbocycles. The van der Waals surface area contributed by atoms with Crippen LogP contribution in [-0.2, 0) is 19.0 Å². The van der Waals surface area contributed by atoms with Gasteiger partial charge < -0.3 is 18.9 Å². The monoisotopic (exact) mass is 375 g/mol. The molecule has 0 saturated carbocycles. The van der Waals surface area contributed by atoms with Gasteiger partial charge in [-0.05, 0) is 33.8 Å². The van der Waals surface area contributed by atoms with Crippen LogP contribution < -0.4 is 4.74 Å². The number of ether oxygens (including phenoxy) is 4. The summed E-state index contributed by atoms with van der Waals surface area (Å²) in [5, 5.41) is 0.753. The summed E-state index contributed by atoms with van der Waals surface area (Å²) in [4.78, 5) is 25.4. The van der Waals surface area contributed by atoms with Gasteiger partial charge in [0, 0.05) is 24.0 Å². The summed E-state index contributed by atoms with van der Waals surface area (Å²) >= 11 is 0. The fourth-order valence-electron chi connectivity index (χ4n) is 3.31. The minimum Gasteiger partial charge on any atom is -0.469 e. The molecule has 0 amide bonds. The largest absolute Gasteiger partial charge is 0.469 e. The maximum atomic E-state index is 12.9. The molecule has 0 spiro atoms. The molecule has 1 aliphatic heterocycles. The number of methoxy groups -OCH3 is 1. The second kappa shape index (κ2) is 7.23. The molecule has 7 heteroatoms. The lowest BCUT2D eigenvalue weighted by atomic mass is 9.93. The van der Waals surface area contributed by atoms with Gasteiger partial charge >= 0.3 is 12.1 Å². The molecule has 2 aromatic rings. The van der Waals surface area contributed by atoms with Gasteiger partial charge in [0.25, 0.3) is 0 Å². The lowest BCUT2D eigenvalue weighted by molar-refractivity contribution is -0.149. The first-order chi connectivity index (χ1) is 12.8. The molecule has 3 rings (SSSR count). The zero-order valence-electron chi connectivity index (χ0n) is 16.3. The highest BCUT2D eigenvalue weighted by atomic mass is 16.7. The standard InChI is InChI=1S/C20H25NO6/c1-6-25-15-11-13(18(22)24-5)16-12-9-7-8-10-14(12)21(17(16)26-15)19(23)27-20(2,3)4/h7-10,13,15H,6,11H2,1-5H3/t13-,15-/m0/s1. The molecular formula is C20H25NO6. The first-order valence-electron chi connectivity index (χ1n) is 8.99. The minimum atomic E-state index is -0.676. The van der Waals surface area contributed by atoms with Crippen LogP contribution in [-0.4, -0.2) is 42.2 Å². The molecule has 1 aromatic heterocycles. The second-order valence-corrected chi connectivity index (χ2v) is 7.37. The van der Waals surface area contributed by atoms with E-state index >= 15 is 0 Å². The number of rotatable bonds is 3. The van der Waals surface area contributed by atoms with E-state index in [-0.39, 0.29) is 5.88 Å². The van der Waals surface area contributed by atoms with E-state index in [1.807, 2.05) is 25.1 Å². The van der Waals surface area contributed by atoms with Gasteiger partial charge in [-0.15, -0.1) is 0 Å². The molecule has 146 valence electrons. The Labute approximate surface area is 158 Å². The summed E-state index contributed by atoms with van der Waals surface area (Å²) in [5.74, 6) is -0.717. The van der Waals surface area contributed by atoms with Crippen molar-refractivity contribution < 1.29 is 28.5 Å². The minimum absolute atomic E-state index is 0.269. The first-order valence-corrected chi connectivity index (χ1v) is 8.99. The Balaban J connectivity index is 2.21. The van der Waals surface area contributed by atoms with Crippen molar-refractivity contribution in [2.24, 2.45) is 0 Å². The number of carbonyl (C=O) groups is 2. The van der Waals surface area contributed by atoms with Crippen molar-refractivity contribution in [2.45, 2.75) is 51.9 Å². The van der Waals surface area contributed by atoms with Crippen molar-refractivity contribution in [1.29, 1.82) is 0 Å². The van der Waals surface area contributed by atoms with Gasteiger partial charge in [0.05, 0.1) is 18.5 Å². The number of para-hydroxylation sites is 1. The van der Waals surface area contributed by atoms with Crippen LogP contribution in [0.15, 0.2) is 24.3 Å². The number of fused-ring (bicyclic) bond motifs is 3. The quantitative estimate of drug-likeness (QED) is 0.759. The predicted octanol–water partition coefficient (Wildman–Crippen LogP) is 3.83. The third-order valence-corrected chi connectivity index (χ3v) is 4.30. The zero-order chi connectivity index (χ0) is 19.8. The van der Waals surface area contributed by atoms with E-state index < -0.39 is 29.9 Å². The lowest BCUT2D eigenvalue weighted by Gasteiger charge is -2.29. The van der Waals surface area contributed by atoms with E-state index in [0.29, 0.717) is 24.1 Å². The molecule has 7 nitrogen and oxygen atoms in total. The van der Waals surface area contributed by atoms with Crippen LogP contribution in [0.1, 0.15) is 45.6 Å². The van der Waals surface area contributed by atoms with Gasteiger partial charge in [-0.1, -0.05) is 18.2 Å². The average Bonchev–Trinajstić information content (AvgIpc) is 2.93. The van der Waals surface area contributed by atoms with Crippen molar-refractivity contribution in [3.05, 3.63) is 29.8 Å². The SMILES string of the molecule is CCO[C@@H]1C[C@H](C(=O)OC)c2c(n(C(=O)OC(C)(C)C)c3ccccc23)O1. The molecule has 1 aliphatic rings. The van der Waals surface area contributed by atoms with Crippen LogP contribution in [0.25, 0.3) is 10.9 Å². The molecule has 2 heterocycles. The van der Waals surface area contributed by atoms with E-state index in [2.05, 4.69) is 0 Å². The number of hydrogen-bond acceptors (Lipinski definition) is 6. The fourth-order valence-corrected chi connectivity index (χ4v) is 3.31. The molecule has 1 aromatic carbocycles. The summed E-state index contributed by atoms with van der Waals surface area (Å²) in [5.41, 5.74) is 0.563. The van der Waals surface area contributed by atoms with Crippen molar-refractivity contribution in [3.63, 3.8) is 0 Å². The van der Waals surface area contributed by atoms with Crippen LogP contribution in [0, 0.1) is 0 Å². The predicted molar refractivity (Wildman–Crippen MR) is 99.0 cm³/mol. The van der Waals surface area contributed by atoms with Gasteiger partial charge in [-0.25, -0.2) is 9.36 Å². The topological polar surface area (TPSA) is 76.0 Å². The van der Waals surface area contributed by atoms with Crippen molar-refractivity contribution in [2.75, 3.05) is 13.7 Å². The third-order valence-electron chi connectivity index (χ3n) is 4.30. The Kier molecular flexibility index (Phi) is 5.15. The van der Waals surface area contributed by atoms with E-state index in [9.17, 15) is 9.59 Å². The molecule has 0 radical (unpaired) electrons. The van der Waals surface area contributed by atoms with E-state index in [0.717, 1.165) is 5.39 Å². The Morgan fingerprint density at radius 3 is 2.59 bits per heavy atom. The van der Waals surface area contributed by atoms with Crippen LogP contribution >= 0.6 is 0 Å². The maximum Gasteiger partial charge on any atom is 0.421 e. The lowest BCUT2D eigenvalue weighted by Crippen LogP contribution is -2.34. The highest BCUT2D eigenvalue weighted by Gasteiger charge is 2.40. The summed E-state index contributed by atoms with van der Waals surface area (Å²) in [6.07, 6.45) is -0.909. The smallest absolute Gasteiger partial charge is 0.421 e. The molecule has 0 saturated heterocycles. The number of nitrogens with zero attached hydrogens (tertiary/aromatic N) is 1. The molecule has 0 fully saturated rings. The van der Waals surface area contributed by atoms with E-state index in [4.69, 9.17) is 18.9 Å². The van der Waals surface area contributed by atoms with E-state index in [1.54, 1.807) is 26.8 Å². The summed E-state index contributed by atoms with van der Waals surface area (Å²) in [6, 6.07) is 7.33. The molecule has 2 atom stereocenters. The zero-order valence-corrected chi connectivity index (χ0v) is 16.3. The van der Waals surface area contributed by atoms with Crippen molar-refractivity contribution in [1.82, 2.24) is 4.57 Å². The van der Waals surface area contributed by atoms with Crippen LogP contribution in [0.5, 0.6) is 5.88 Å². The molecular weight excluding hydrogens is 350 g/mol. The Bertz CT molecular complexity index is 863. The van der Waals surface area contributed by atoms with Crippen molar-refractivity contribution in [3.8, 4) is 5.88 Å². The molecule has 27 heavy (non-hydrogen) atoms.